The fraction of sp³-hybridized carbons (Fsp3) is 0.688. The van der Waals surface area contributed by atoms with Gasteiger partial charge in [-0.25, -0.2) is 4.98 Å². The van der Waals surface area contributed by atoms with E-state index >= 15 is 0 Å². The summed E-state index contributed by atoms with van der Waals surface area (Å²) in [6, 6.07) is 5.31. The molecule has 0 bridgehead atoms. The molecule has 2 atom stereocenters. The maximum Gasteiger partial charge on any atom is 0.129 e. The summed E-state index contributed by atoms with van der Waals surface area (Å²) in [5.41, 5.74) is 0.974. The quantitative estimate of drug-likeness (QED) is 0.905. The summed E-state index contributed by atoms with van der Waals surface area (Å²) < 4.78 is 0. The first-order valence-corrected chi connectivity index (χ1v) is 8.22. The van der Waals surface area contributed by atoms with Crippen LogP contribution in [0, 0.1) is 5.92 Å². The second kappa shape index (κ2) is 6.11. The van der Waals surface area contributed by atoms with Crippen LogP contribution in [-0.4, -0.2) is 49.2 Å². The van der Waals surface area contributed by atoms with Crippen molar-refractivity contribution in [1.82, 2.24) is 15.2 Å². The molecule has 116 valence electrons. The van der Waals surface area contributed by atoms with Crippen molar-refractivity contribution in [2.24, 2.45) is 5.92 Å². The Morgan fingerprint density at radius 1 is 1.33 bits per heavy atom. The molecule has 3 rings (SSSR count). The first-order chi connectivity index (χ1) is 10.0. The lowest BCUT2D eigenvalue weighted by atomic mass is 10.1. The zero-order chi connectivity index (χ0) is 15.0. The molecule has 1 aromatic heterocycles. The van der Waals surface area contributed by atoms with Crippen molar-refractivity contribution in [1.29, 1.82) is 0 Å². The molecule has 5 heteroatoms. The molecule has 1 aromatic rings. The van der Waals surface area contributed by atoms with Crippen LogP contribution in [0.5, 0.6) is 0 Å². The maximum absolute atomic E-state index is 6.29. The molecule has 0 amide bonds. The van der Waals surface area contributed by atoms with E-state index in [4.69, 9.17) is 16.6 Å². The number of hydrogen-bond acceptors (Lipinski definition) is 4. The van der Waals surface area contributed by atoms with Crippen LogP contribution in [0.2, 0.25) is 5.02 Å². The van der Waals surface area contributed by atoms with E-state index in [0.29, 0.717) is 18.0 Å². The van der Waals surface area contributed by atoms with Crippen LogP contribution in [0.4, 0.5) is 5.82 Å². The topological polar surface area (TPSA) is 31.4 Å². The van der Waals surface area contributed by atoms with Crippen LogP contribution in [0.3, 0.4) is 0 Å². The van der Waals surface area contributed by atoms with Crippen LogP contribution < -0.4 is 10.2 Å². The van der Waals surface area contributed by atoms with Gasteiger partial charge in [0.2, 0.25) is 0 Å². The predicted octanol–water partition coefficient (Wildman–Crippen LogP) is 2.37. The van der Waals surface area contributed by atoms with Gasteiger partial charge in [-0.3, -0.25) is 0 Å². The molecule has 4 nitrogen and oxygen atoms in total. The maximum atomic E-state index is 6.29. The summed E-state index contributed by atoms with van der Waals surface area (Å²) in [6.07, 6.45) is 2.57. The van der Waals surface area contributed by atoms with Crippen LogP contribution in [0.15, 0.2) is 12.1 Å². The minimum Gasteiger partial charge on any atom is -0.355 e. The van der Waals surface area contributed by atoms with Crippen LogP contribution in [0.1, 0.15) is 25.5 Å². The molecule has 2 aliphatic rings. The highest BCUT2D eigenvalue weighted by Crippen LogP contribution is 2.27. The fourth-order valence-electron chi connectivity index (χ4n) is 3.11. The van der Waals surface area contributed by atoms with Gasteiger partial charge in [0.25, 0.3) is 0 Å². The molecule has 21 heavy (non-hydrogen) atoms. The van der Waals surface area contributed by atoms with E-state index < -0.39 is 0 Å². The highest BCUT2D eigenvalue weighted by molar-refractivity contribution is 6.31. The average molecular weight is 309 g/mol. The molecule has 0 radical (unpaired) electrons. The van der Waals surface area contributed by atoms with Gasteiger partial charge < -0.3 is 15.1 Å². The first kappa shape index (κ1) is 15.1. The summed E-state index contributed by atoms with van der Waals surface area (Å²) in [4.78, 5) is 9.49. The van der Waals surface area contributed by atoms with Crippen LogP contribution >= 0.6 is 11.6 Å². The highest BCUT2D eigenvalue weighted by Gasteiger charge is 2.31. The summed E-state index contributed by atoms with van der Waals surface area (Å²) >= 11 is 6.29. The van der Waals surface area contributed by atoms with Gasteiger partial charge in [-0.05, 0) is 45.0 Å². The summed E-state index contributed by atoms with van der Waals surface area (Å²) in [5, 5.41) is 4.26. The third-order valence-electron chi connectivity index (χ3n) is 4.60. The van der Waals surface area contributed by atoms with Crippen molar-refractivity contribution in [3.8, 4) is 0 Å². The molecule has 2 fully saturated rings. The molecule has 1 aliphatic heterocycles. The summed E-state index contributed by atoms with van der Waals surface area (Å²) in [5.74, 6) is 1.72. The molecule has 1 saturated carbocycles. The van der Waals surface area contributed by atoms with Gasteiger partial charge in [-0.1, -0.05) is 18.5 Å². The first-order valence-electron chi connectivity index (χ1n) is 7.85. The van der Waals surface area contributed by atoms with Crippen molar-refractivity contribution in [3.63, 3.8) is 0 Å². The summed E-state index contributed by atoms with van der Waals surface area (Å²) in [7, 11) is 4.32. The number of rotatable bonds is 5. The van der Waals surface area contributed by atoms with Gasteiger partial charge in [0.15, 0.2) is 0 Å². The Kier molecular flexibility index (Phi) is 4.38. The highest BCUT2D eigenvalue weighted by atomic mass is 35.5. The Balaban J connectivity index is 1.71. The molecular formula is C16H25ClN4. The molecule has 2 heterocycles. The Morgan fingerprint density at radius 2 is 2.10 bits per heavy atom. The Morgan fingerprint density at radius 3 is 2.71 bits per heavy atom. The molecule has 0 spiro atoms. The molecule has 1 saturated heterocycles. The van der Waals surface area contributed by atoms with Gasteiger partial charge in [-0.15, -0.1) is 0 Å². The number of nitrogens with zero attached hydrogens (tertiary/aromatic N) is 3. The number of halogens is 1. The van der Waals surface area contributed by atoms with E-state index in [1.165, 1.54) is 12.8 Å². The smallest absolute Gasteiger partial charge is 0.129 e. The van der Waals surface area contributed by atoms with Crippen molar-refractivity contribution in [3.05, 3.63) is 22.8 Å². The van der Waals surface area contributed by atoms with Crippen LogP contribution in [0.25, 0.3) is 0 Å². The van der Waals surface area contributed by atoms with Gasteiger partial charge in [0.05, 0.1) is 10.7 Å². The normalized spacial score (nSPS) is 25.9. The van der Waals surface area contributed by atoms with Crippen molar-refractivity contribution < 1.29 is 0 Å². The second-order valence-corrected chi connectivity index (χ2v) is 7.07. The van der Waals surface area contributed by atoms with Gasteiger partial charge >= 0.3 is 0 Å². The van der Waals surface area contributed by atoms with E-state index in [9.17, 15) is 0 Å². The summed E-state index contributed by atoms with van der Waals surface area (Å²) in [6.45, 7) is 5.19. The standard InChI is InChI=1S/C16H25ClN4/c1-11-9-21(10-15(11)20(2)3)16-7-6-13(17)14(19-16)8-18-12-4-5-12/h6-7,11-12,15,18H,4-5,8-10H2,1-3H3. The second-order valence-electron chi connectivity index (χ2n) is 6.67. The molecule has 1 N–H and O–H groups in total. The zero-order valence-electron chi connectivity index (χ0n) is 13.1. The number of anilines is 1. The van der Waals surface area contributed by atoms with Crippen molar-refractivity contribution in [2.45, 2.75) is 38.4 Å². The van der Waals surface area contributed by atoms with E-state index in [2.05, 4.69) is 36.1 Å². The minimum atomic E-state index is 0.593. The Hall–Kier alpha value is -0.840. The minimum absolute atomic E-state index is 0.593. The third kappa shape index (κ3) is 3.50. The number of hydrogen-bond donors (Lipinski definition) is 1. The Labute approximate surface area is 132 Å². The predicted molar refractivity (Wildman–Crippen MR) is 88.0 cm³/mol. The largest absolute Gasteiger partial charge is 0.355 e. The van der Waals surface area contributed by atoms with Crippen molar-refractivity contribution in [2.75, 3.05) is 32.1 Å². The van der Waals surface area contributed by atoms with Gasteiger partial charge in [-0.2, -0.15) is 0 Å². The van der Waals surface area contributed by atoms with E-state index in [1.807, 2.05) is 12.1 Å². The van der Waals surface area contributed by atoms with E-state index in [0.717, 1.165) is 36.2 Å². The van der Waals surface area contributed by atoms with E-state index in [-0.39, 0.29) is 0 Å². The lowest BCUT2D eigenvalue weighted by Crippen LogP contribution is -2.34. The molecular weight excluding hydrogens is 284 g/mol. The number of likely N-dealkylation sites (N-methyl/N-ethyl adjacent to an activating group) is 1. The van der Waals surface area contributed by atoms with Gasteiger partial charge in [0, 0.05) is 31.7 Å². The van der Waals surface area contributed by atoms with E-state index in [1.54, 1.807) is 0 Å². The van der Waals surface area contributed by atoms with Gasteiger partial charge in [0.1, 0.15) is 5.82 Å². The monoisotopic (exact) mass is 308 g/mol. The average Bonchev–Trinajstić information content (AvgIpc) is 3.19. The molecule has 1 aliphatic carbocycles. The lowest BCUT2D eigenvalue weighted by Gasteiger charge is -2.23. The van der Waals surface area contributed by atoms with Crippen LogP contribution in [-0.2, 0) is 6.54 Å². The zero-order valence-corrected chi connectivity index (χ0v) is 13.9. The SMILES string of the molecule is CC1CN(c2ccc(Cl)c(CNC3CC3)n2)CC1N(C)C. The van der Waals surface area contributed by atoms with Crippen molar-refractivity contribution >= 4 is 17.4 Å². The number of aromatic nitrogens is 1. The molecule has 2 unspecified atom stereocenters. The number of nitrogens with one attached hydrogen (secondary N) is 1. The lowest BCUT2D eigenvalue weighted by molar-refractivity contribution is 0.266. The third-order valence-corrected chi connectivity index (χ3v) is 4.94. The molecule has 0 aromatic carbocycles. The fourth-order valence-corrected chi connectivity index (χ4v) is 3.28. The number of pyridine rings is 1. The Bertz CT molecular complexity index is 501.